The first-order valence-corrected chi connectivity index (χ1v) is 5.77. The van der Waals surface area contributed by atoms with Crippen LogP contribution in [0.1, 0.15) is 29.8 Å². The quantitative estimate of drug-likeness (QED) is 0.820. The van der Waals surface area contributed by atoms with Gasteiger partial charge < -0.3 is 9.84 Å². The molecule has 0 aliphatic rings. The van der Waals surface area contributed by atoms with Crippen molar-refractivity contribution in [1.29, 1.82) is 5.26 Å². The molecule has 2 atom stereocenters. The maximum atomic E-state index is 12.1. The highest BCUT2D eigenvalue weighted by Gasteiger charge is 2.27. The van der Waals surface area contributed by atoms with Crippen molar-refractivity contribution in [3.8, 4) is 11.8 Å². The minimum Gasteiger partial charge on any atom is -0.495 e. The zero-order valence-electron chi connectivity index (χ0n) is 11.0. The first-order chi connectivity index (χ1) is 8.92. The highest BCUT2D eigenvalue weighted by atomic mass is 16.5. The number of carboxylic acids is 1. The number of nitriles is 1. The Bertz CT molecular complexity index is 545. The molecule has 0 radical (unpaired) electrons. The van der Waals surface area contributed by atoms with Gasteiger partial charge in [0.2, 0.25) is 0 Å². The van der Waals surface area contributed by atoms with Crippen LogP contribution in [-0.2, 0) is 4.79 Å². The van der Waals surface area contributed by atoms with E-state index in [1.165, 1.54) is 32.2 Å². The molecule has 0 saturated carbocycles. The lowest BCUT2D eigenvalue weighted by molar-refractivity contribution is -0.142. The van der Waals surface area contributed by atoms with Gasteiger partial charge in [-0.15, -0.1) is 0 Å². The molecular weight excluding hydrogens is 246 g/mol. The van der Waals surface area contributed by atoms with E-state index in [4.69, 9.17) is 15.1 Å². The summed E-state index contributed by atoms with van der Waals surface area (Å²) in [5.41, 5.74) is 0.571. The third-order valence-corrected chi connectivity index (χ3v) is 3.16. The number of rotatable bonds is 5. The topological polar surface area (TPSA) is 87.4 Å². The zero-order valence-corrected chi connectivity index (χ0v) is 11.0. The van der Waals surface area contributed by atoms with Crippen molar-refractivity contribution in [3.05, 3.63) is 29.3 Å². The van der Waals surface area contributed by atoms with Crippen LogP contribution in [0.3, 0.4) is 0 Å². The Kier molecular flexibility index (Phi) is 4.65. The van der Waals surface area contributed by atoms with E-state index in [1.54, 1.807) is 6.92 Å². The first-order valence-electron chi connectivity index (χ1n) is 5.77. The third kappa shape index (κ3) is 3.10. The molecule has 0 heterocycles. The summed E-state index contributed by atoms with van der Waals surface area (Å²) >= 11 is 0. The Hall–Kier alpha value is -2.35. The van der Waals surface area contributed by atoms with Crippen LogP contribution in [-0.4, -0.2) is 24.0 Å². The summed E-state index contributed by atoms with van der Waals surface area (Å²) in [7, 11) is 1.44. The van der Waals surface area contributed by atoms with Gasteiger partial charge in [0.05, 0.1) is 18.6 Å². The van der Waals surface area contributed by atoms with E-state index in [2.05, 4.69) is 0 Å². The number of nitrogens with zero attached hydrogens (tertiary/aromatic N) is 1. The van der Waals surface area contributed by atoms with Crippen molar-refractivity contribution in [2.75, 3.05) is 7.11 Å². The Morgan fingerprint density at radius 1 is 1.32 bits per heavy atom. The van der Waals surface area contributed by atoms with Crippen LogP contribution in [0.4, 0.5) is 0 Å². The molecule has 5 nitrogen and oxygen atoms in total. The first kappa shape index (κ1) is 14.7. The molecule has 0 spiro atoms. The Balaban J connectivity index is 3.08. The standard InChI is InChI=1S/C14H15NO4/c1-8(9(2)14(17)18)13(16)10-4-5-12(19-3)11(6-10)7-15/h4-6,8-9H,1-3H3,(H,17,18). The fourth-order valence-electron chi connectivity index (χ4n) is 1.65. The number of ketones is 1. The van der Waals surface area contributed by atoms with Gasteiger partial charge in [-0.25, -0.2) is 0 Å². The lowest BCUT2D eigenvalue weighted by Gasteiger charge is -2.15. The second-order valence-electron chi connectivity index (χ2n) is 4.31. The van der Waals surface area contributed by atoms with Crippen molar-refractivity contribution in [2.45, 2.75) is 13.8 Å². The molecule has 0 aliphatic heterocycles. The number of ether oxygens (including phenoxy) is 1. The normalized spacial score (nSPS) is 13.2. The second kappa shape index (κ2) is 6.01. The summed E-state index contributed by atoms with van der Waals surface area (Å²) in [5, 5.41) is 17.9. The van der Waals surface area contributed by atoms with Crippen LogP contribution < -0.4 is 4.74 Å². The number of carbonyl (C=O) groups excluding carboxylic acids is 1. The molecule has 0 amide bonds. The fourth-order valence-corrected chi connectivity index (χ4v) is 1.65. The Morgan fingerprint density at radius 2 is 1.95 bits per heavy atom. The molecule has 1 rings (SSSR count). The number of benzene rings is 1. The van der Waals surface area contributed by atoms with Crippen LogP contribution in [0.15, 0.2) is 18.2 Å². The number of aliphatic carboxylic acids is 1. The molecule has 0 aromatic heterocycles. The van der Waals surface area contributed by atoms with E-state index in [1.807, 2.05) is 6.07 Å². The summed E-state index contributed by atoms with van der Waals surface area (Å²) in [6.45, 7) is 3.05. The molecule has 1 N–H and O–H groups in total. The predicted octanol–water partition coefficient (Wildman–Crippen LogP) is 2.11. The average molecular weight is 261 g/mol. The SMILES string of the molecule is COc1ccc(C(=O)C(C)C(C)C(=O)O)cc1C#N. The van der Waals surface area contributed by atoms with Crippen molar-refractivity contribution < 1.29 is 19.4 Å². The monoisotopic (exact) mass is 261 g/mol. The van der Waals surface area contributed by atoms with Gasteiger partial charge in [-0.1, -0.05) is 13.8 Å². The van der Waals surface area contributed by atoms with Gasteiger partial charge in [0.15, 0.2) is 5.78 Å². The van der Waals surface area contributed by atoms with Gasteiger partial charge in [0, 0.05) is 11.5 Å². The number of Topliss-reactive ketones (excluding diaryl/α,β-unsaturated/α-hetero) is 1. The highest BCUT2D eigenvalue weighted by molar-refractivity contribution is 6.00. The van der Waals surface area contributed by atoms with Crippen LogP contribution in [0.5, 0.6) is 5.75 Å². The van der Waals surface area contributed by atoms with Crippen molar-refractivity contribution in [3.63, 3.8) is 0 Å². The lowest BCUT2D eigenvalue weighted by Crippen LogP contribution is -2.25. The Labute approximate surface area is 111 Å². The molecule has 1 aromatic carbocycles. The summed E-state index contributed by atoms with van der Waals surface area (Å²) in [6, 6.07) is 6.43. The van der Waals surface area contributed by atoms with Gasteiger partial charge in [-0.2, -0.15) is 5.26 Å². The van der Waals surface area contributed by atoms with Crippen LogP contribution in [0.2, 0.25) is 0 Å². The molecule has 0 bridgehead atoms. The molecule has 0 fully saturated rings. The average Bonchev–Trinajstić information content (AvgIpc) is 2.43. The van der Waals surface area contributed by atoms with Gasteiger partial charge >= 0.3 is 5.97 Å². The molecule has 2 unspecified atom stereocenters. The predicted molar refractivity (Wildman–Crippen MR) is 68.0 cm³/mol. The van der Waals surface area contributed by atoms with E-state index in [9.17, 15) is 9.59 Å². The summed E-state index contributed by atoms with van der Waals surface area (Å²) in [5.74, 6) is -2.36. The van der Waals surface area contributed by atoms with E-state index in [-0.39, 0.29) is 11.3 Å². The summed E-state index contributed by atoms with van der Waals surface area (Å²) < 4.78 is 4.99. The maximum absolute atomic E-state index is 12.1. The molecule has 0 saturated heterocycles. The largest absolute Gasteiger partial charge is 0.495 e. The molecule has 100 valence electrons. The number of hydrogen-bond donors (Lipinski definition) is 1. The van der Waals surface area contributed by atoms with Crippen molar-refractivity contribution in [1.82, 2.24) is 0 Å². The minimum absolute atomic E-state index is 0.253. The van der Waals surface area contributed by atoms with E-state index < -0.39 is 17.8 Å². The maximum Gasteiger partial charge on any atom is 0.306 e. The van der Waals surface area contributed by atoms with Crippen molar-refractivity contribution >= 4 is 11.8 Å². The highest BCUT2D eigenvalue weighted by Crippen LogP contribution is 2.23. The van der Waals surface area contributed by atoms with Crippen molar-refractivity contribution in [2.24, 2.45) is 11.8 Å². The van der Waals surface area contributed by atoms with Crippen LogP contribution in [0, 0.1) is 23.2 Å². The fraction of sp³-hybridized carbons (Fsp3) is 0.357. The molecule has 0 aliphatic carbocycles. The summed E-state index contributed by atoms with van der Waals surface area (Å²) in [6.07, 6.45) is 0. The third-order valence-electron chi connectivity index (χ3n) is 3.16. The van der Waals surface area contributed by atoms with Gasteiger partial charge in [-0.3, -0.25) is 9.59 Å². The van der Waals surface area contributed by atoms with Crippen LogP contribution >= 0.6 is 0 Å². The van der Waals surface area contributed by atoms with Gasteiger partial charge in [-0.05, 0) is 18.2 Å². The van der Waals surface area contributed by atoms with E-state index >= 15 is 0 Å². The zero-order chi connectivity index (χ0) is 14.6. The molecule has 1 aromatic rings. The summed E-state index contributed by atoms with van der Waals surface area (Å²) in [4.78, 5) is 23.0. The lowest BCUT2D eigenvalue weighted by atomic mass is 9.88. The Morgan fingerprint density at radius 3 is 2.42 bits per heavy atom. The smallest absolute Gasteiger partial charge is 0.306 e. The number of hydrogen-bond acceptors (Lipinski definition) is 4. The number of carboxylic acid groups (broad SMARTS) is 1. The number of methoxy groups -OCH3 is 1. The van der Waals surface area contributed by atoms with E-state index in [0.717, 1.165) is 0 Å². The van der Waals surface area contributed by atoms with Gasteiger partial charge in [0.25, 0.3) is 0 Å². The van der Waals surface area contributed by atoms with Gasteiger partial charge in [0.1, 0.15) is 11.8 Å². The second-order valence-corrected chi connectivity index (χ2v) is 4.31. The van der Waals surface area contributed by atoms with Crippen LogP contribution in [0.25, 0.3) is 0 Å². The molecule has 19 heavy (non-hydrogen) atoms. The van der Waals surface area contributed by atoms with E-state index in [0.29, 0.717) is 11.3 Å². The molecule has 5 heteroatoms. The number of carbonyl (C=O) groups is 2. The molecular formula is C14H15NO4. The minimum atomic E-state index is -1.02.